The lowest BCUT2D eigenvalue weighted by atomic mass is 10.1. The Balaban J connectivity index is 2.76. The Morgan fingerprint density at radius 3 is 2.31 bits per heavy atom. The molecule has 0 amide bonds. The van der Waals surface area contributed by atoms with Crippen LogP contribution in [0.5, 0.6) is 0 Å². The van der Waals surface area contributed by atoms with E-state index in [-0.39, 0.29) is 17.6 Å². The average Bonchev–Trinajstić information content (AvgIpc) is 2.17. The molecule has 2 unspecified atom stereocenters. The summed E-state index contributed by atoms with van der Waals surface area (Å²) in [5.74, 6) is -0.0619. The zero-order valence-electron chi connectivity index (χ0n) is 9.76. The highest BCUT2D eigenvalue weighted by Crippen LogP contribution is 2.20. The van der Waals surface area contributed by atoms with Gasteiger partial charge < -0.3 is 5.32 Å². The fourth-order valence-corrected chi connectivity index (χ4v) is 2.33. The van der Waals surface area contributed by atoms with Gasteiger partial charge in [-0.3, -0.25) is 0 Å². The fraction of sp³-hybridized carbons (Fsp3) is 0.500. The summed E-state index contributed by atoms with van der Waals surface area (Å²) in [5.41, 5.74) is 0.121. The molecule has 4 heteroatoms. The minimum Gasteiger partial charge on any atom is -0.307 e. The molecule has 0 saturated heterocycles. The highest BCUT2D eigenvalue weighted by molar-refractivity contribution is 7.98. The molecule has 0 fully saturated rings. The molecule has 0 aliphatic carbocycles. The molecule has 0 radical (unpaired) electrons. The van der Waals surface area contributed by atoms with Crippen molar-refractivity contribution in [1.29, 1.82) is 0 Å². The Kier molecular flexibility index (Phi) is 5.22. The van der Waals surface area contributed by atoms with Gasteiger partial charge >= 0.3 is 0 Å². The van der Waals surface area contributed by atoms with Crippen molar-refractivity contribution in [1.82, 2.24) is 5.32 Å². The molecule has 0 aliphatic rings. The van der Waals surface area contributed by atoms with Gasteiger partial charge in [-0.05, 0) is 32.2 Å². The highest BCUT2D eigenvalue weighted by atomic mass is 32.2. The zero-order chi connectivity index (χ0) is 12.1. The summed E-state index contributed by atoms with van der Waals surface area (Å²) in [4.78, 5) is 0. The second-order valence-electron chi connectivity index (χ2n) is 3.88. The first-order valence-electron chi connectivity index (χ1n) is 5.25. The van der Waals surface area contributed by atoms with E-state index in [1.54, 1.807) is 18.7 Å². The predicted molar refractivity (Wildman–Crippen MR) is 65.8 cm³/mol. The average molecular weight is 245 g/mol. The summed E-state index contributed by atoms with van der Waals surface area (Å²) in [6.45, 7) is 3.78. The van der Waals surface area contributed by atoms with Crippen LogP contribution < -0.4 is 5.32 Å². The molecule has 0 bridgehead atoms. The van der Waals surface area contributed by atoms with Crippen LogP contribution in [0.25, 0.3) is 0 Å². The van der Waals surface area contributed by atoms with Gasteiger partial charge in [0.1, 0.15) is 11.6 Å². The number of hydrogen-bond acceptors (Lipinski definition) is 2. The van der Waals surface area contributed by atoms with Crippen molar-refractivity contribution < 1.29 is 8.78 Å². The van der Waals surface area contributed by atoms with E-state index < -0.39 is 11.6 Å². The van der Waals surface area contributed by atoms with Gasteiger partial charge in [-0.1, -0.05) is 6.07 Å². The van der Waals surface area contributed by atoms with Gasteiger partial charge in [0.05, 0.1) is 0 Å². The predicted octanol–water partition coefficient (Wildman–Crippen LogP) is 3.37. The molecular weight excluding hydrogens is 228 g/mol. The molecule has 2 atom stereocenters. The highest BCUT2D eigenvalue weighted by Gasteiger charge is 2.17. The Morgan fingerprint density at radius 1 is 1.25 bits per heavy atom. The van der Waals surface area contributed by atoms with Gasteiger partial charge in [0.25, 0.3) is 0 Å². The van der Waals surface area contributed by atoms with E-state index in [0.717, 1.165) is 5.75 Å². The maximum absolute atomic E-state index is 13.5. The lowest BCUT2D eigenvalue weighted by molar-refractivity contribution is 0.460. The Hall–Kier alpha value is -0.610. The van der Waals surface area contributed by atoms with Crippen molar-refractivity contribution in [3.8, 4) is 0 Å². The quantitative estimate of drug-likeness (QED) is 0.853. The minimum atomic E-state index is -0.489. The van der Waals surface area contributed by atoms with E-state index in [9.17, 15) is 8.78 Å². The molecule has 0 aliphatic heterocycles. The van der Waals surface area contributed by atoms with Crippen LogP contribution in [0.3, 0.4) is 0 Å². The van der Waals surface area contributed by atoms with Crippen LogP contribution >= 0.6 is 11.8 Å². The summed E-state index contributed by atoms with van der Waals surface area (Å²) in [7, 11) is 0. The second-order valence-corrected chi connectivity index (χ2v) is 4.79. The monoisotopic (exact) mass is 245 g/mol. The molecule has 1 nitrogen and oxygen atoms in total. The molecule has 1 aromatic rings. The molecule has 16 heavy (non-hydrogen) atoms. The first-order valence-corrected chi connectivity index (χ1v) is 6.64. The maximum Gasteiger partial charge on any atom is 0.130 e. The van der Waals surface area contributed by atoms with Crippen molar-refractivity contribution in [2.75, 3.05) is 12.0 Å². The number of hydrogen-bond donors (Lipinski definition) is 1. The Labute approximate surface area is 99.6 Å². The lowest BCUT2D eigenvalue weighted by Crippen LogP contribution is -2.31. The van der Waals surface area contributed by atoms with Crippen molar-refractivity contribution in [3.05, 3.63) is 35.4 Å². The fourth-order valence-electron chi connectivity index (χ4n) is 1.73. The van der Waals surface area contributed by atoms with E-state index in [2.05, 4.69) is 5.32 Å². The molecule has 1 aromatic carbocycles. The second kappa shape index (κ2) is 6.21. The first-order chi connectivity index (χ1) is 7.56. The van der Waals surface area contributed by atoms with Crippen LogP contribution in [0.4, 0.5) is 8.78 Å². The smallest absolute Gasteiger partial charge is 0.130 e. The topological polar surface area (TPSA) is 12.0 Å². The van der Waals surface area contributed by atoms with Gasteiger partial charge in [-0.2, -0.15) is 11.8 Å². The number of rotatable bonds is 5. The molecule has 1 rings (SSSR count). The Bertz CT molecular complexity index is 324. The minimum absolute atomic E-state index is 0.121. The van der Waals surface area contributed by atoms with Crippen LogP contribution in [0, 0.1) is 11.6 Å². The third-order valence-corrected chi connectivity index (χ3v) is 3.22. The van der Waals surface area contributed by atoms with Crippen LogP contribution in [0.2, 0.25) is 0 Å². The normalized spacial score (nSPS) is 14.8. The summed E-state index contributed by atoms with van der Waals surface area (Å²) in [6.07, 6.45) is 2.01. The molecule has 90 valence electrons. The van der Waals surface area contributed by atoms with Gasteiger partial charge in [0, 0.05) is 23.4 Å². The van der Waals surface area contributed by atoms with E-state index in [0.29, 0.717) is 0 Å². The number of nitrogens with one attached hydrogen (secondary N) is 1. The van der Waals surface area contributed by atoms with Crippen LogP contribution in [-0.4, -0.2) is 18.1 Å². The van der Waals surface area contributed by atoms with Crippen molar-refractivity contribution in [3.63, 3.8) is 0 Å². The number of thioether (sulfide) groups is 1. The molecular formula is C12H17F2NS. The van der Waals surface area contributed by atoms with Crippen molar-refractivity contribution in [2.24, 2.45) is 0 Å². The van der Waals surface area contributed by atoms with Crippen LogP contribution in [0.1, 0.15) is 25.5 Å². The largest absolute Gasteiger partial charge is 0.307 e. The van der Waals surface area contributed by atoms with Gasteiger partial charge in [0.2, 0.25) is 0 Å². The summed E-state index contributed by atoms with van der Waals surface area (Å²) in [5, 5.41) is 3.18. The standard InChI is InChI=1S/C12H17F2NS/c1-8(7-16-3)15-9(2)12-10(13)5-4-6-11(12)14/h4-6,8-9,15H,7H2,1-3H3. The van der Waals surface area contributed by atoms with Crippen LogP contribution in [-0.2, 0) is 0 Å². The van der Waals surface area contributed by atoms with E-state index >= 15 is 0 Å². The van der Waals surface area contributed by atoms with E-state index in [1.807, 2.05) is 13.2 Å². The Morgan fingerprint density at radius 2 is 1.81 bits per heavy atom. The summed E-state index contributed by atoms with van der Waals surface area (Å²) in [6, 6.07) is 3.87. The molecule has 0 aromatic heterocycles. The zero-order valence-corrected chi connectivity index (χ0v) is 10.6. The maximum atomic E-state index is 13.5. The molecule has 0 spiro atoms. The number of halogens is 2. The first kappa shape index (κ1) is 13.5. The van der Waals surface area contributed by atoms with Crippen molar-refractivity contribution >= 4 is 11.8 Å². The number of benzene rings is 1. The third-order valence-electron chi connectivity index (χ3n) is 2.38. The van der Waals surface area contributed by atoms with E-state index in [4.69, 9.17) is 0 Å². The SMILES string of the molecule is CSCC(C)NC(C)c1c(F)cccc1F. The van der Waals surface area contributed by atoms with Gasteiger partial charge in [-0.15, -0.1) is 0 Å². The van der Waals surface area contributed by atoms with Crippen LogP contribution in [0.15, 0.2) is 18.2 Å². The third kappa shape index (κ3) is 3.46. The molecule has 1 N–H and O–H groups in total. The summed E-state index contributed by atoms with van der Waals surface area (Å²) >= 11 is 1.71. The molecule has 0 saturated carbocycles. The lowest BCUT2D eigenvalue weighted by Gasteiger charge is -2.20. The van der Waals surface area contributed by atoms with E-state index in [1.165, 1.54) is 18.2 Å². The van der Waals surface area contributed by atoms with Gasteiger partial charge in [-0.25, -0.2) is 8.78 Å². The van der Waals surface area contributed by atoms with Gasteiger partial charge in [0.15, 0.2) is 0 Å². The molecule has 0 heterocycles. The van der Waals surface area contributed by atoms with Crippen molar-refractivity contribution in [2.45, 2.75) is 25.9 Å². The summed E-state index contributed by atoms with van der Waals surface area (Å²) < 4.78 is 26.9.